The molecule has 4 heterocycles. The van der Waals surface area contributed by atoms with E-state index >= 15 is 0 Å². The van der Waals surface area contributed by atoms with E-state index in [-0.39, 0.29) is 38.5 Å². The van der Waals surface area contributed by atoms with Crippen LogP contribution in [0.15, 0.2) is 18.2 Å². The molecule has 0 bridgehead atoms. The summed E-state index contributed by atoms with van der Waals surface area (Å²) in [7, 11) is -3.88. The summed E-state index contributed by atoms with van der Waals surface area (Å²) in [5.41, 5.74) is 0.386. The van der Waals surface area contributed by atoms with Crippen molar-refractivity contribution in [2.24, 2.45) is 5.92 Å². The molecule has 1 aromatic carbocycles. The van der Waals surface area contributed by atoms with E-state index in [0.717, 1.165) is 36.8 Å². The lowest BCUT2D eigenvalue weighted by Crippen LogP contribution is -2.58. The van der Waals surface area contributed by atoms with E-state index in [9.17, 15) is 32.4 Å². The fourth-order valence-electron chi connectivity index (χ4n) is 7.90. The third kappa shape index (κ3) is 8.13. The van der Waals surface area contributed by atoms with Crippen molar-refractivity contribution in [3.05, 3.63) is 34.3 Å². The number of carbonyl (C=O) groups excluding carboxylic acids is 5. The standard InChI is InChI=1S/C35H46ClN5O10S/c36-24-9-8-21-17-40(18-22(21)14-24)34(46)51-26-15-29-30(42)38-35(32(44)39-52(47,48)27-10-11-27)16-23(35)6-4-2-1-3-5-7-28(31(43)41(29)19-26)37-33(45)50-25-12-13-49-20-25/h8-9,14,23,25-29H,1-7,10-13,15-20H2,(H,37,45)(H,38,42)(H,39,44)/t23-,25+,26-,28+,29+,35-/m1/s1. The monoisotopic (exact) mass is 763 g/mol. The number of hydrogen-bond acceptors (Lipinski definition) is 10. The normalized spacial score (nSPS) is 30.9. The first kappa shape index (κ1) is 36.7. The highest BCUT2D eigenvalue weighted by Crippen LogP contribution is 2.48. The predicted octanol–water partition coefficient (Wildman–Crippen LogP) is 2.87. The van der Waals surface area contributed by atoms with Crippen molar-refractivity contribution in [1.29, 1.82) is 0 Å². The Labute approximate surface area is 307 Å². The fourth-order valence-corrected chi connectivity index (χ4v) is 9.45. The van der Waals surface area contributed by atoms with Crippen LogP contribution in [0.3, 0.4) is 0 Å². The molecule has 1 aromatic rings. The Morgan fingerprint density at radius 1 is 0.942 bits per heavy atom. The van der Waals surface area contributed by atoms with Gasteiger partial charge in [0.2, 0.25) is 21.8 Å². The van der Waals surface area contributed by atoms with Crippen LogP contribution in [0.25, 0.3) is 0 Å². The first-order valence-corrected chi connectivity index (χ1v) is 20.3. The van der Waals surface area contributed by atoms with Gasteiger partial charge in [-0.15, -0.1) is 0 Å². The number of fused-ring (bicyclic) bond motifs is 3. The average Bonchev–Trinajstić information content (AvgIpc) is 3.89. The molecule has 6 atom stereocenters. The molecule has 15 nitrogen and oxygen atoms in total. The van der Waals surface area contributed by atoms with Crippen molar-refractivity contribution >= 4 is 51.5 Å². The third-order valence-electron chi connectivity index (χ3n) is 11.1. The second-order valence-corrected chi connectivity index (χ2v) is 17.4. The van der Waals surface area contributed by atoms with E-state index in [4.69, 9.17) is 25.8 Å². The molecule has 17 heteroatoms. The van der Waals surface area contributed by atoms with Gasteiger partial charge in [-0.1, -0.05) is 49.8 Å². The Morgan fingerprint density at radius 3 is 2.44 bits per heavy atom. The van der Waals surface area contributed by atoms with Crippen LogP contribution in [0, 0.1) is 5.92 Å². The molecule has 0 unspecified atom stereocenters. The average molecular weight is 764 g/mol. The van der Waals surface area contributed by atoms with Gasteiger partial charge in [0, 0.05) is 31.0 Å². The van der Waals surface area contributed by atoms with Crippen LogP contribution in [-0.4, -0.2) is 103 Å². The zero-order valence-electron chi connectivity index (χ0n) is 29.0. The van der Waals surface area contributed by atoms with Crippen LogP contribution in [0.2, 0.25) is 5.02 Å². The van der Waals surface area contributed by atoms with E-state index in [1.165, 1.54) is 9.80 Å². The number of benzene rings is 1. The third-order valence-corrected chi connectivity index (χ3v) is 13.2. The van der Waals surface area contributed by atoms with Gasteiger partial charge in [0.15, 0.2) is 0 Å². The molecule has 7 rings (SSSR count). The summed E-state index contributed by atoms with van der Waals surface area (Å²) in [6.45, 7) is 1.21. The van der Waals surface area contributed by atoms with E-state index in [2.05, 4.69) is 15.4 Å². The van der Waals surface area contributed by atoms with E-state index in [1.807, 2.05) is 6.07 Å². The van der Waals surface area contributed by atoms with Crippen LogP contribution < -0.4 is 15.4 Å². The second kappa shape index (κ2) is 15.0. The number of hydrogen-bond donors (Lipinski definition) is 3. The molecule has 5 amide bonds. The Balaban J connectivity index is 1.11. The van der Waals surface area contributed by atoms with Crippen LogP contribution in [0.1, 0.15) is 88.2 Å². The first-order valence-electron chi connectivity index (χ1n) is 18.4. The van der Waals surface area contributed by atoms with E-state index < -0.39 is 75.0 Å². The highest BCUT2D eigenvalue weighted by Gasteiger charge is 2.62. The Hall–Kier alpha value is -3.63. The van der Waals surface area contributed by atoms with Crippen molar-refractivity contribution in [2.75, 3.05) is 19.8 Å². The minimum atomic E-state index is -3.88. The molecular formula is C35H46ClN5O10S. The minimum Gasteiger partial charge on any atom is -0.444 e. The Morgan fingerprint density at radius 2 is 1.69 bits per heavy atom. The topological polar surface area (TPSA) is 190 Å². The molecule has 284 valence electrons. The lowest BCUT2D eigenvalue weighted by Gasteiger charge is -2.30. The molecule has 2 aliphatic carbocycles. The summed E-state index contributed by atoms with van der Waals surface area (Å²) in [6, 6.07) is 3.20. The van der Waals surface area contributed by atoms with Gasteiger partial charge in [-0.25, -0.2) is 18.0 Å². The maximum absolute atomic E-state index is 14.4. The largest absolute Gasteiger partial charge is 0.444 e. The summed E-state index contributed by atoms with van der Waals surface area (Å²) in [4.78, 5) is 71.5. The Bertz CT molecular complexity index is 1700. The number of carbonyl (C=O) groups is 5. The van der Waals surface area contributed by atoms with Gasteiger partial charge in [-0.2, -0.15) is 0 Å². The van der Waals surface area contributed by atoms with Crippen LogP contribution in [0.4, 0.5) is 9.59 Å². The molecule has 0 spiro atoms. The SMILES string of the molecule is O=C(N[C@H]1CCCCCCC[C@@H]2C[C@@]2(C(=O)NS(=O)(=O)C2CC2)NC(=O)[C@@H]2C[C@@H](OC(=O)N3Cc4ccc(Cl)cc4C3)CN2C1=O)O[C@H]1CCOC1. The van der Waals surface area contributed by atoms with Gasteiger partial charge in [-0.3, -0.25) is 24.0 Å². The van der Waals surface area contributed by atoms with Crippen LogP contribution in [0.5, 0.6) is 0 Å². The maximum Gasteiger partial charge on any atom is 0.410 e. The second-order valence-electron chi connectivity index (χ2n) is 15.0. The summed E-state index contributed by atoms with van der Waals surface area (Å²) >= 11 is 6.15. The molecule has 3 N–H and O–H groups in total. The summed E-state index contributed by atoms with van der Waals surface area (Å²) < 4.78 is 44.5. The number of amides is 5. The van der Waals surface area contributed by atoms with Crippen molar-refractivity contribution in [3.8, 4) is 0 Å². The van der Waals surface area contributed by atoms with Gasteiger partial charge in [0.25, 0.3) is 5.91 Å². The smallest absolute Gasteiger partial charge is 0.410 e. The molecule has 5 fully saturated rings. The van der Waals surface area contributed by atoms with Gasteiger partial charge < -0.3 is 29.7 Å². The molecular weight excluding hydrogens is 718 g/mol. The first-order chi connectivity index (χ1) is 24.9. The molecule has 0 aromatic heterocycles. The predicted molar refractivity (Wildman–Crippen MR) is 185 cm³/mol. The van der Waals surface area contributed by atoms with Gasteiger partial charge in [0.05, 0.1) is 25.0 Å². The van der Waals surface area contributed by atoms with Gasteiger partial charge >= 0.3 is 12.2 Å². The van der Waals surface area contributed by atoms with Crippen LogP contribution >= 0.6 is 11.6 Å². The number of nitrogens with one attached hydrogen (secondary N) is 3. The molecule has 2 saturated carbocycles. The number of halogens is 1. The molecule has 6 aliphatic rings. The highest BCUT2D eigenvalue weighted by molar-refractivity contribution is 7.91. The van der Waals surface area contributed by atoms with E-state index in [1.54, 1.807) is 12.1 Å². The molecule has 52 heavy (non-hydrogen) atoms. The van der Waals surface area contributed by atoms with Gasteiger partial charge in [0.1, 0.15) is 29.8 Å². The minimum absolute atomic E-state index is 0.0603. The lowest BCUT2D eigenvalue weighted by molar-refractivity contribution is -0.141. The van der Waals surface area contributed by atoms with Crippen molar-refractivity contribution < 1.29 is 46.6 Å². The van der Waals surface area contributed by atoms with Crippen LogP contribution in [-0.2, 0) is 51.7 Å². The fraction of sp³-hybridized carbons (Fsp3) is 0.686. The number of alkyl carbamates (subject to hydrolysis) is 1. The van der Waals surface area contributed by atoms with Crippen molar-refractivity contribution in [3.63, 3.8) is 0 Å². The number of sulfonamides is 1. The van der Waals surface area contributed by atoms with E-state index in [0.29, 0.717) is 56.7 Å². The number of ether oxygens (including phenoxy) is 3. The Kier molecular flexibility index (Phi) is 10.6. The number of rotatable bonds is 6. The summed E-state index contributed by atoms with van der Waals surface area (Å²) in [6.07, 6.45) is 3.82. The quantitative estimate of drug-likeness (QED) is 0.389. The van der Waals surface area contributed by atoms with Crippen molar-refractivity contribution in [1.82, 2.24) is 25.2 Å². The zero-order valence-corrected chi connectivity index (χ0v) is 30.6. The highest BCUT2D eigenvalue weighted by atomic mass is 35.5. The van der Waals surface area contributed by atoms with Gasteiger partial charge in [-0.05, 0) is 61.3 Å². The lowest BCUT2D eigenvalue weighted by atomic mass is 10.0. The molecule has 4 aliphatic heterocycles. The maximum atomic E-state index is 14.4. The molecule has 0 radical (unpaired) electrons. The summed E-state index contributed by atoms with van der Waals surface area (Å²) in [5.74, 6) is -2.24. The van der Waals surface area contributed by atoms with Crippen molar-refractivity contribution in [2.45, 2.75) is 125 Å². The summed E-state index contributed by atoms with van der Waals surface area (Å²) in [5, 5.41) is 5.51. The number of nitrogens with zero attached hydrogens (tertiary/aromatic N) is 2. The zero-order chi connectivity index (χ0) is 36.6. The molecule has 3 saturated heterocycles.